The standard InChI is InChI=1S/C13H12FNO/c1-15-13(16)8-11-10-5-3-2-4-9(10)6-7-12(11)14/h2-7H,8H2,1H3,(H,15,16). The Kier molecular flexibility index (Phi) is 2.86. The molecule has 0 spiro atoms. The Morgan fingerprint density at radius 1 is 1.25 bits per heavy atom. The molecule has 1 amide bonds. The molecule has 16 heavy (non-hydrogen) atoms. The number of rotatable bonds is 2. The second-order valence-corrected chi connectivity index (χ2v) is 3.60. The first-order chi connectivity index (χ1) is 7.72. The van der Waals surface area contributed by atoms with E-state index in [9.17, 15) is 9.18 Å². The lowest BCUT2D eigenvalue weighted by Gasteiger charge is -2.07. The van der Waals surface area contributed by atoms with Gasteiger partial charge in [0.25, 0.3) is 0 Å². The predicted octanol–water partition coefficient (Wildman–Crippen LogP) is 2.27. The third-order valence-corrected chi connectivity index (χ3v) is 2.60. The summed E-state index contributed by atoms with van der Waals surface area (Å²) in [5.41, 5.74) is 0.456. The van der Waals surface area contributed by atoms with E-state index in [2.05, 4.69) is 5.32 Å². The lowest BCUT2D eigenvalue weighted by Crippen LogP contribution is -2.20. The summed E-state index contributed by atoms with van der Waals surface area (Å²) in [6, 6.07) is 10.6. The zero-order valence-electron chi connectivity index (χ0n) is 8.96. The summed E-state index contributed by atoms with van der Waals surface area (Å²) in [5.74, 6) is -0.516. The van der Waals surface area contributed by atoms with Gasteiger partial charge in [-0.1, -0.05) is 30.3 Å². The molecule has 0 atom stereocenters. The molecule has 0 aromatic heterocycles. The fraction of sp³-hybridized carbons (Fsp3) is 0.154. The zero-order chi connectivity index (χ0) is 11.5. The molecule has 0 bridgehead atoms. The number of fused-ring (bicyclic) bond motifs is 1. The summed E-state index contributed by atoms with van der Waals surface area (Å²) in [6.07, 6.45) is 0.0731. The first-order valence-electron chi connectivity index (χ1n) is 5.09. The van der Waals surface area contributed by atoms with Crippen molar-refractivity contribution in [3.8, 4) is 0 Å². The van der Waals surface area contributed by atoms with Gasteiger partial charge in [0.05, 0.1) is 6.42 Å². The molecular formula is C13H12FNO. The van der Waals surface area contributed by atoms with Crippen LogP contribution >= 0.6 is 0 Å². The molecule has 0 unspecified atom stereocenters. The van der Waals surface area contributed by atoms with Crippen molar-refractivity contribution in [3.63, 3.8) is 0 Å². The molecular weight excluding hydrogens is 205 g/mol. The van der Waals surface area contributed by atoms with Crippen molar-refractivity contribution in [3.05, 3.63) is 47.8 Å². The second kappa shape index (κ2) is 4.31. The minimum Gasteiger partial charge on any atom is -0.359 e. The maximum absolute atomic E-state index is 13.6. The highest BCUT2D eigenvalue weighted by molar-refractivity contribution is 5.90. The van der Waals surface area contributed by atoms with Crippen molar-refractivity contribution in [1.82, 2.24) is 5.32 Å². The molecule has 0 aliphatic heterocycles. The summed E-state index contributed by atoms with van der Waals surface area (Å²) >= 11 is 0. The first kappa shape index (κ1) is 10.6. The van der Waals surface area contributed by atoms with Crippen LogP contribution in [0.5, 0.6) is 0 Å². The average Bonchev–Trinajstić information content (AvgIpc) is 2.32. The Morgan fingerprint density at radius 3 is 2.75 bits per heavy atom. The van der Waals surface area contributed by atoms with Gasteiger partial charge < -0.3 is 5.32 Å². The molecule has 2 rings (SSSR count). The molecule has 0 aliphatic rings. The van der Waals surface area contributed by atoms with Gasteiger partial charge in [-0.2, -0.15) is 0 Å². The lowest BCUT2D eigenvalue weighted by atomic mass is 10.0. The normalized spacial score (nSPS) is 10.4. The van der Waals surface area contributed by atoms with E-state index in [1.165, 1.54) is 6.07 Å². The Labute approximate surface area is 93.1 Å². The number of amides is 1. The summed E-state index contributed by atoms with van der Waals surface area (Å²) < 4.78 is 13.6. The second-order valence-electron chi connectivity index (χ2n) is 3.60. The number of benzene rings is 2. The number of hydrogen-bond donors (Lipinski definition) is 1. The van der Waals surface area contributed by atoms with Crippen molar-refractivity contribution in [1.29, 1.82) is 0 Å². The summed E-state index contributed by atoms with van der Waals surface area (Å²) in [6.45, 7) is 0. The number of nitrogens with one attached hydrogen (secondary N) is 1. The lowest BCUT2D eigenvalue weighted by molar-refractivity contribution is -0.119. The van der Waals surface area contributed by atoms with Gasteiger partial charge in [-0.05, 0) is 16.8 Å². The van der Waals surface area contributed by atoms with Gasteiger partial charge in [-0.15, -0.1) is 0 Å². The van der Waals surface area contributed by atoms with Gasteiger partial charge in [0, 0.05) is 12.6 Å². The quantitative estimate of drug-likeness (QED) is 0.821. The molecule has 2 nitrogen and oxygen atoms in total. The Bertz CT molecular complexity index is 536. The third kappa shape index (κ3) is 1.89. The number of hydrogen-bond acceptors (Lipinski definition) is 1. The third-order valence-electron chi connectivity index (χ3n) is 2.60. The number of carbonyl (C=O) groups excluding carboxylic acids is 1. The SMILES string of the molecule is CNC(=O)Cc1c(F)ccc2ccccc12. The van der Waals surface area contributed by atoms with E-state index in [4.69, 9.17) is 0 Å². The molecule has 0 aliphatic carbocycles. The highest BCUT2D eigenvalue weighted by atomic mass is 19.1. The van der Waals surface area contributed by atoms with E-state index >= 15 is 0 Å². The molecule has 1 N–H and O–H groups in total. The number of carbonyl (C=O) groups is 1. The minimum absolute atomic E-state index is 0.0731. The van der Waals surface area contributed by atoms with Crippen molar-refractivity contribution < 1.29 is 9.18 Å². The van der Waals surface area contributed by atoms with E-state index < -0.39 is 0 Å². The van der Waals surface area contributed by atoms with Crippen LogP contribution in [0.4, 0.5) is 4.39 Å². The van der Waals surface area contributed by atoms with Crippen molar-refractivity contribution in [2.45, 2.75) is 6.42 Å². The highest BCUT2D eigenvalue weighted by Crippen LogP contribution is 2.21. The fourth-order valence-corrected chi connectivity index (χ4v) is 1.74. The fourth-order valence-electron chi connectivity index (χ4n) is 1.74. The Balaban J connectivity index is 2.57. The zero-order valence-corrected chi connectivity index (χ0v) is 8.96. The van der Waals surface area contributed by atoms with Crippen LogP contribution in [0.15, 0.2) is 36.4 Å². The van der Waals surface area contributed by atoms with Crippen molar-refractivity contribution in [2.75, 3.05) is 7.05 Å². The molecule has 2 aromatic carbocycles. The smallest absolute Gasteiger partial charge is 0.224 e. The van der Waals surface area contributed by atoms with E-state index in [1.807, 2.05) is 24.3 Å². The monoisotopic (exact) mass is 217 g/mol. The Hall–Kier alpha value is -1.90. The van der Waals surface area contributed by atoms with Gasteiger partial charge in [0.1, 0.15) is 5.82 Å². The highest BCUT2D eigenvalue weighted by Gasteiger charge is 2.10. The Morgan fingerprint density at radius 2 is 2.00 bits per heavy atom. The topological polar surface area (TPSA) is 29.1 Å². The maximum atomic E-state index is 13.6. The molecule has 0 fully saturated rings. The molecule has 0 saturated heterocycles. The first-order valence-corrected chi connectivity index (χ1v) is 5.09. The molecule has 2 aromatic rings. The van der Waals surface area contributed by atoms with Crippen LogP contribution in [0.1, 0.15) is 5.56 Å². The largest absolute Gasteiger partial charge is 0.359 e. The minimum atomic E-state index is -0.331. The molecule has 0 saturated carbocycles. The van der Waals surface area contributed by atoms with Crippen LogP contribution in [0.25, 0.3) is 10.8 Å². The summed E-state index contributed by atoms with van der Waals surface area (Å²) in [4.78, 5) is 11.3. The van der Waals surface area contributed by atoms with Crippen molar-refractivity contribution in [2.24, 2.45) is 0 Å². The van der Waals surface area contributed by atoms with E-state index in [0.717, 1.165) is 10.8 Å². The van der Waals surface area contributed by atoms with Gasteiger partial charge in [0.15, 0.2) is 0 Å². The van der Waals surface area contributed by atoms with Gasteiger partial charge in [-0.25, -0.2) is 4.39 Å². The van der Waals surface area contributed by atoms with Crippen LogP contribution in [-0.2, 0) is 11.2 Å². The van der Waals surface area contributed by atoms with E-state index in [1.54, 1.807) is 13.1 Å². The van der Waals surface area contributed by atoms with Gasteiger partial charge >= 0.3 is 0 Å². The van der Waals surface area contributed by atoms with Crippen LogP contribution in [-0.4, -0.2) is 13.0 Å². The van der Waals surface area contributed by atoms with Crippen LogP contribution < -0.4 is 5.32 Å². The molecule has 82 valence electrons. The maximum Gasteiger partial charge on any atom is 0.224 e. The number of likely N-dealkylation sites (N-methyl/N-ethyl adjacent to an activating group) is 1. The molecule has 3 heteroatoms. The van der Waals surface area contributed by atoms with Gasteiger partial charge in [0.2, 0.25) is 5.91 Å². The van der Waals surface area contributed by atoms with E-state index in [-0.39, 0.29) is 18.1 Å². The molecule has 0 heterocycles. The van der Waals surface area contributed by atoms with Crippen LogP contribution in [0, 0.1) is 5.82 Å². The number of halogens is 1. The molecule has 0 radical (unpaired) electrons. The van der Waals surface area contributed by atoms with Crippen molar-refractivity contribution >= 4 is 16.7 Å². The predicted molar refractivity (Wildman–Crippen MR) is 61.7 cm³/mol. The van der Waals surface area contributed by atoms with Crippen LogP contribution in [0.2, 0.25) is 0 Å². The van der Waals surface area contributed by atoms with Gasteiger partial charge in [-0.3, -0.25) is 4.79 Å². The van der Waals surface area contributed by atoms with E-state index in [0.29, 0.717) is 5.56 Å². The summed E-state index contributed by atoms with van der Waals surface area (Å²) in [5, 5.41) is 4.24. The van der Waals surface area contributed by atoms with Crippen LogP contribution in [0.3, 0.4) is 0 Å². The average molecular weight is 217 g/mol. The summed E-state index contributed by atoms with van der Waals surface area (Å²) in [7, 11) is 1.55.